The molecule has 0 saturated heterocycles. The maximum absolute atomic E-state index is 10.9. The molecule has 0 aliphatic carbocycles. The first-order valence-electron chi connectivity index (χ1n) is 3.82. The zero-order valence-electron chi connectivity index (χ0n) is 6.50. The third-order valence-corrected chi connectivity index (χ3v) is 2.11. The maximum Gasteiger partial charge on any atom is 0.226 e. The summed E-state index contributed by atoms with van der Waals surface area (Å²) in [6.07, 6.45) is 0. The van der Waals surface area contributed by atoms with Gasteiger partial charge in [-0.2, -0.15) is 0 Å². The quantitative estimate of drug-likeness (QED) is 0.629. The molecule has 1 atom stereocenters. The lowest BCUT2D eigenvalue weighted by Crippen LogP contribution is -2.22. The van der Waals surface area contributed by atoms with Gasteiger partial charge in [0, 0.05) is 12.2 Å². The van der Waals surface area contributed by atoms with Crippen molar-refractivity contribution < 1.29 is 4.79 Å². The molecule has 1 unspecified atom stereocenters. The Morgan fingerprint density at radius 2 is 2.58 bits per heavy atom. The Bertz CT molecular complexity index is 322. The minimum Gasteiger partial charge on any atom is -0.384 e. The van der Waals surface area contributed by atoms with E-state index in [0.717, 1.165) is 11.3 Å². The number of fused-ring (bicyclic) bond motifs is 1. The lowest BCUT2D eigenvalue weighted by molar-refractivity contribution is -0.119. The summed E-state index contributed by atoms with van der Waals surface area (Å²) in [4.78, 5) is 10.9. The lowest BCUT2D eigenvalue weighted by atomic mass is 10.0. The van der Waals surface area contributed by atoms with Crippen molar-refractivity contribution in [2.45, 2.75) is 5.92 Å². The SMILES string of the molecule is NC(=O)C1CNc2cc[c]cc21. The largest absolute Gasteiger partial charge is 0.384 e. The zero-order valence-corrected chi connectivity index (χ0v) is 6.50. The van der Waals surface area contributed by atoms with Gasteiger partial charge in [0.05, 0.1) is 5.92 Å². The Labute approximate surface area is 70.6 Å². The van der Waals surface area contributed by atoms with Gasteiger partial charge in [-0.15, -0.1) is 0 Å². The normalized spacial score (nSPS) is 19.8. The Morgan fingerprint density at radius 3 is 3.33 bits per heavy atom. The average Bonchev–Trinajstić information content (AvgIpc) is 2.47. The number of anilines is 1. The van der Waals surface area contributed by atoms with Crippen LogP contribution in [0.4, 0.5) is 5.69 Å². The van der Waals surface area contributed by atoms with Crippen molar-refractivity contribution in [2.24, 2.45) is 5.73 Å². The molecule has 0 bridgehead atoms. The number of carbonyl (C=O) groups is 1. The summed E-state index contributed by atoms with van der Waals surface area (Å²) in [6, 6.07) is 8.46. The van der Waals surface area contributed by atoms with Crippen molar-refractivity contribution in [3.8, 4) is 0 Å². The zero-order chi connectivity index (χ0) is 8.55. The van der Waals surface area contributed by atoms with Crippen molar-refractivity contribution in [2.75, 3.05) is 11.9 Å². The molecular weight excluding hydrogens is 152 g/mol. The standard InChI is InChI=1S/C9H9N2O/c10-9(12)7-5-11-8-4-2-1-3-6(7)8/h2-4,7,11H,5H2,(H2,10,12). The van der Waals surface area contributed by atoms with Crippen LogP contribution in [0.15, 0.2) is 18.2 Å². The Hall–Kier alpha value is -1.51. The van der Waals surface area contributed by atoms with Crippen LogP contribution in [0.5, 0.6) is 0 Å². The average molecular weight is 161 g/mol. The topological polar surface area (TPSA) is 55.1 Å². The number of hydrogen-bond acceptors (Lipinski definition) is 2. The molecule has 1 aromatic rings. The predicted octanol–water partition coefficient (Wildman–Crippen LogP) is 0.481. The van der Waals surface area contributed by atoms with Crippen LogP contribution in [-0.2, 0) is 4.79 Å². The Balaban J connectivity index is 2.42. The molecule has 1 amide bonds. The number of benzene rings is 1. The van der Waals surface area contributed by atoms with Crippen molar-refractivity contribution in [3.05, 3.63) is 29.8 Å². The van der Waals surface area contributed by atoms with E-state index in [9.17, 15) is 4.79 Å². The molecule has 1 heterocycles. The minimum absolute atomic E-state index is 0.183. The molecule has 1 aliphatic rings. The first kappa shape index (κ1) is 7.16. The lowest BCUT2D eigenvalue weighted by Gasteiger charge is -2.02. The Kier molecular flexibility index (Phi) is 1.50. The third kappa shape index (κ3) is 0.942. The van der Waals surface area contributed by atoms with Gasteiger partial charge in [-0.25, -0.2) is 0 Å². The highest BCUT2D eigenvalue weighted by Crippen LogP contribution is 2.30. The van der Waals surface area contributed by atoms with Crippen LogP contribution in [0.25, 0.3) is 0 Å². The minimum atomic E-state index is -0.277. The molecule has 3 heteroatoms. The fourth-order valence-corrected chi connectivity index (χ4v) is 1.47. The number of nitrogens with one attached hydrogen (secondary N) is 1. The van der Waals surface area contributed by atoms with Gasteiger partial charge >= 0.3 is 0 Å². The van der Waals surface area contributed by atoms with Gasteiger partial charge in [-0.05, 0) is 23.8 Å². The van der Waals surface area contributed by atoms with Gasteiger partial charge in [-0.1, -0.05) is 6.07 Å². The summed E-state index contributed by atoms with van der Waals surface area (Å²) in [5, 5.41) is 3.11. The van der Waals surface area contributed by atoms with Crippen molar-refractivity contribution in [1.29, 1.82) is 0 Å². The number of hydrogen-bond donors (Lipinski definition) is 2. The molecule has 1 radical (unpaired) electrons. The van der Waals surface area contributed by atoms with E-state index >= 15 is 0 Å². The van der Waals surface area contributed by atoms with Crippen LogP contribution in [0.2, 0.25) is 0 Å². The van der Waals surface area contributed by atoms with Crippen molar-refractivity contribution in [1.82, 2.24) is 0 Å². The molecule has 0 spiro atoms. The van der Waals surface area contributed by atoms with E-state index in [-0.39, 0.29) is 11.8 Å². The highest BCUT2D eigenvalue weighted by molar-refractivity contribution is 5.86. The third-order valence-electron chi connectivity index (χ3n) is 2.11. The summed E-state index contributed by atoms with van der Waals surface area (Å²) >= 11 is 0. The number of rotatable bonds is 1. The van der Waals surface area contributed by atoms with Gasteiger partial charge in [0.1, 0.15) is 0 Å². The molecule has 0 aromatic heterocycles. The summed E-state index contributed by atoms with van der Waals surface area (Å²) in [6.45, 7) is 0.614. The second-order valence-electron chi connectivity index (χ2n) is 2.85. The van der Waals surface area contributed by atoms with Crippen LogP contribution in [0.1, 0.15) is 11.5 Å². The predicted molar refractivity (Wildman–Crippen MR) is 45.7 cm³/mol. The van der Waals surface area contributed by atoms with Gasteiger partial charge in [0.25, 0.3) is 0 Å². The summed E-state index contributed by atoms with van der Waals surface area (Å²) < 4.78 is 0. The molecular formula is C9H9N2O. The van der Waals surface area contributed by atoms with E-state index in [0.29, 0.717) is 6.54 Å². The molecule has 1 aromatic carbocycles. The van der Waals surface area contributed by atoms with Crippen molar-refractivity contribution >= 4 is 11.6 Å². The molecule has 0 fully saturated rings. The monoisotopic (exact) mass is 161 g/mol. The summed E-state index contributed by atoms with van der Waals surface area (Å²) in [7, 11) is 0. The number of nitrogens with two attached hydrogens (primary N) is 1. The summed E-state index contributed by atoms with van der Waals surface area (Å²) in [5.74, 6) is -0.460. The van der Waals surface area contributed by atoms with Crippen LogP contribution in [0, 0.1) is 6.07 Å². The molecule has 3 N–H and O–H groups in total. The van der Waals surface area contributed by atoms with E-state index in [1.165, 1.54) is 0 Å². The van der Waals surface area contributed by atoms with Gasteiger partial charge < -0.3 is 11.1 Å². The highest BCUT2D eigenvalue weighted by atomic mass is 16.1. The van der Waals surface area contributed by atoms with E-state index in [4.69, 9.17) is 5.73 Å². The van der Waals surface area contributed by atoms with Crippen LogP contribution >= 0.6 is 0 Å². The fraction of sp³-hybridized carbons (Fsp3) is 0.222. The number of amides is 1. The van der Waals surface area contributed by atoms with Crippen LogP contribution < -0.4 is 11.1 Å². The molecule has 3 nitrogen and oxygen atoms in total. The van der Waals surface area contributed by atoms with E-state index in [1.54, 1.807) is 0 Å². The van der Waals surface area contributed by atoms with E-state index in [1.807, 2.05) is 18.2 Å². The molecule has 12 heavy (non-hydrogen) atoms. The summed E-state index contributed by atoms with van der Waals surface area (Å²) in [5.41, 5.74) is 7.18. The van der Waals surface area contributed by atoms with E-state index in [2.05, 4.69) is 11.4 Å². The maximum atomic E-state index is 10.9. The second-order valence-corrected chi connectivity index (χ2v) is 2.85. The Morgan fingerprint density at radius 1 is 1.75 bits per heavy atom. The van der Waals surface area contributed by atoms with Crippen molar-refractivity contribution in [3.63, 3.8) is 0 Å². The highest BCUT2D eigenvalue weighted by Gasteiger charge is 2.25. The number of primary amides is 1. The molecule has 2 rings (SSSR count). The van der Waals surface area contributed by atoms with Crippen LogP contribution in [-0.4, -0.2) is 12.5 Å². The molecule has 61 valence electrons. The smallest absolute Gasteiger partial charge is 0.226 e. The van der Waals surface area contributed by atoms with E-state index < -0.39 is 0 Å². The fourth-order valence-electron chi connectivity index (χ4n) is 1.47. The van der Waals surface area contributed by atoms with Gasteiger partial charge in [0.15, 0.2) is 0 Å². The number of carbonyl (C=O) groups excluding carboxylic acids is 1. The first-order chi connectivity index (χ1) is 5.79. The first-order valence-corrected chi connectivity index (χ1v) is 3.82. The van der Waals surface area contributed by atoms with Gasteiger partial charge in [0.2, 0.25) is 5.91 Å². The molecule has 1 aliphatic heterocycles. The van der Waals surface area contributed by atoms with Gasteiger partial charge in [-0.3, -0.25) is 4.79 Å². The molecule has 0 saturated carbocycles. The second kappa shape index (κ2) is 2.52. The van der Waals surface area contributed by atoms with Crippen LogP contribution in [0.3, 0.4) is 0 Å².